The van der Waals surface area contributed by atoms with E-state index in [2.05, 4.69) is 9.97 Å². The van der Waals surface area contributed by atoms with Gasteiger partial charge in [-0.2, -0.15) is 0 Å². The molecule has 0 unspecified atom stereocenters. The van der Waals surface area contributed by atoms with E-state index in [4.69, 9.17) is 4.74 Å². The number of H-pyrrole nitrogens is 1. The zero-order valence-corrected chi connectivity index (χ0v) is 17.6. The van der Waals surface area contributed by atoms with Gasteiger partial charge in [-0.15, -0.1) is 11.3 Å². The van der Waals surface area contributed by atoms with E-state index in [9.17, 15) is 14.4 Å². The van der Waals surface area contributed by atoms with E-state index in [1.807, 2.05) is 0 Å². The Balaban J connectivity index is 1.37. The first-order valence-corrected chi connectivity index (χ1v) is 11.4. The second kappa shape index (κ2) is 8.65. The smallest absolute Gasteiger partial charge is 0.307 e. The molecule has 1 saturated heterocycles. The van der Waals surface area contributed by atoms with Gasteiger partial charge in [0.1, 0.15) is 10.7 Å². The van der Waals surface area contributed by atoms with E-state index in [0.29, 0.717) is 5.82 Å². The minimum atomic E-state index is -0.779. The van der Waals surface area contributed by atoms with Gasteiger partial charge in [0.05, 0.1) is 11.8 Å². The molecule has 156 valence electrons. The fraction of sp³-hybridized carbons (Fsp3) is 0.619. The number of likely N-dealkylation sites (tertiary alicyclic amines) is 1. The maximum absolute atomic E-state index is 12.6. The summed E-state index contributed by atoms with van der Waals surface area (Å²) in [6.45, 7) is 3.09. The molecule has 29 heavy (non-hydrogen) atoms. The number of carbonyl (C=O) groups excluding carboxylic acids is 2. The van der Waals surface area contributed by atoms with E-state index in [0.717, 1.165) is 73.8 Å². The monoisotopic (exact) mass is 417 g/mol. The van der Waals surface area contributed by atoms with Crippen LogP contribution in [0.1, 0.15) is 61.7 Å². The van der Waals surface area contributed by atoms with Gasteiger partial charge >= 0.3 is 5.97 Å². The first-order valence-electron chi connectivity index (χ1n) is 10.5. The van der Waals surface area contributed by atoms with Crippen LogP contribution in [0.3, 0.4) is 0 Å². The molecule has 1 N–H and O–H groups in total. The Morgan fingerprint density at radius 1 is 1.17 bits per heavy atom. The van der Waals surface area contributed by atoms with Crippen molar-refractivity contribution < 1.29 is 14.3 Å². The summed E-state index contributed by atoms with van der Waals surface area (Å²) in [4.78, 5) is 48.4. The number of aromatic nitrogens is 2. The number of aromatic amines is 1. The Labute approximate surface area is 173 Å². The molecule has 1 aliphatic heterocycles. The maximum Gasteiger partial charge on any atom is 0.307 e. The van der Waals surface area contributed by atoms with Crippen molar-refractivity contribution >= 4 is 33.4 Å². The Morgan fingerprint density at radius 3 is 2.72 bits per heavy atom. The molecule has 8 heteroatoms. The fourth-order valence-electron chi connectivity index (χ4n) is 4.23. The van der Waals surface area contributed by atoms with Gasteiger partial charge in [0.2, 0.25) is 0 Å². The molecular formula is C21H27N3O4S. The molecule has 0 bridgehead atoms. The van der Waals surface area contributed by atoms with E-state index in [-0.39, 0.29) is 24.3 Å². The van der Waals surface area contributed by atoms with E-state index in [1.54, 1.807) is 23.2 Å². The van der Waals surface area contributed by atoms with Crippen molar-refractivity contribution in [3.63, 3.8) is 0 Å². The number of nitrogens with zero attached hydrogens (tertiary/aromatic N) is 2. The second-order valence-electron chi connectivity index (χ2n) is 7.92. The lowest BCUT2D eigenvalue weighted by Crippen LogP contribution is -2.42. The molecule has 1 fully saturated rings. The van der Waals surface area contributed by atoms with Gasteiger partial charge in [-0.1, -0.05) is 0 Å². The topological polar surface area (TPSA) is 92.4 Å². The molecule has 1 atom stereocenters. The quantitative estimate of drug-likeness (QED) is 0.755. The lowest BCUT2D eigenvalue weighted by atomic mass is 9.97. The summed E-state index contributed by atoms with van der Waals surface area (Å²) >= 11 is 1.60. The molecule has 4 rings (SSSR count). The van der Waals surface area contributed by atoms with Crippen LogP contribution in [0.25, 0.3) is 10.2 Å². The van der Waals surface area contributed by atoms with Gasteiger partial charge in [-0.05, 0) is 57.4 Å². The number of piperidine rings is 1. The molecule has 0 saturated carbocycles. The van der Waals surface area contributed by atoms with Crippen LogP contribution >= 0.6 is 11.3 Å². The Morgan fingerprint density at radius 2 is 1.93 bits per heavy atom. The van der Waals surface area contributed by atoms with Crippen LogP contribution < -0.4 is 5.56 Å². The van der Waals surface area contributed by atoms with Crippen LogP contribution in [0, 0.1) is 0 Å². The number of fused-ring (bicyclic) bond motifs is 3. The van der Waals surface area contributed by atoms with Gasteiger partial charge in [0.15, 0.2) is 6.10 Å². The van der Waals surface area contributed by atoms with Crippen LogP contribution in [0.15, 0.2) is 4.79 Å². The zero-order chi connectivity index (χ0) is 20.4. The SMILES string of the molecule is C[C@H](OC(=O)CCc1nc2sc3c(c2c(=O)[nH]1)CCCC3)C(=O)N1CCCCC1. The van der Waals surface area contributed by atoms with Crippen LogP contribution in [-0.2, 0) is 33.6 Å². The third-order valence-corrected chi connectivity index (χ3v) is 6.95. The van der Waals surface area contributed by atoms with Gasteiger partial charge < -0.3 is 14.6 Å². The predicted molar refractivity (Wildman–Crippen MR) is 111 cm³/mol. The lowest BCUT2D eigenvalue weighted by molar-refractivity contribution is -0.159. The Kier molecular flexibility index (Phi) is 5.99. The van der Waals surface area contributed by atoms with Crippen LogP contribution in [0.4, 0.5) is 0 Å². The van der Waals surface area contributed by atoms with Crippen molar-refractivity contribution in [1.29, 1.82) is 0 Å². The summed E-state index contributed by atoms with van der Waals surface area (Å²) in [5, 5.41) is 0.719. The van der Waals surface area contributed by atoms with E-state index < -0.39 is 12.1 Å². The Bertz CT molecular complexity index is 974. The third kappa shape index (κ3) is 4.37. The molecule has 2 aliphatic rings. The van der Waals surface area contributed by atoms with Crippen molar-refractivity contribution in [1.82, 2.24) is 14.9 Å². The van der Waals surface area contributed by atoms with Crippen molar-refractivity contribution in [3.8, 4) is 0 Å². The summed E-state index contributed by atoms with van der Waals surface area (Å²) in [5.74, 6) is -0.0840. The summed E-state index contributed by atoms with van der Waals surface area (Å²) in [5.41, 5.74) is 1.03. The fourth-order valence-corrected chi connectivity index (χ4v) is 5.51. The summed E-state index contributed by atoms with van der Waals surface area (Å²) < 4.78 is 5.32. The van der Waals surface area contributed by atoms with Gasteiger partial charge in [-0.25, -0.2) is 4.98 Å². The maximum atomic E-state index is 12.6. The van der Waals surface area contributed by atoms with Gasteiger partial charge in [-0.3, -0.25) is 14.4 Å². The highest BCUT2D eigenvalue weighted by Gasteiger charge is 2.25. The standard InChI is InChI=1S/C21H27N3O4S/c1-13(21(27)24-11-5-2-6-12-24)28-17(25)10-9-16-22-19(26)18-14-7-3-4-8-15(14)29-20(18)23-16/h13H,2-12H2,1H3,(H,22,23,26)/t13-/m0/s1. The number of carbonyl (C=O) groups is 2. The lowest BCUT2D eigenvalue weighted by Gasteiger charge is -2.28. The zero-order valence-electron chi connectivity index (χ0n) is 16.8. The van der Waals surface area contributed by atoms with Crippen molar-refractivity contribution in [2.75, 3.05) is 13.1 Å². The number of ether oxygens (including phenoxy) is 1. The second-order valence-corrected chi connectivity index (χ2v) is 9.01. The minimum absolute atomic E-state index is 0.0805. The average molecular weight is 418 g/mol. The number of amides is 1. The summed E-state index contributed by atoms with van der Waals surface area (Å²) in [7, 11) is 0. The van der Waals surface area contributed by atoms with Crippen LogP contribution in [0.2, 0.25) is 0 Å². The highest BCUT2D eigenvalue weighted by molar-refractivity contribution is 7.18. The average Bonchev–Trinajstić information content (AvgIpc) is 3.11. The molecule has 2 aromatic heterocycles. The molecule has 2 aromatic rings. The number of rotatable bonds is 5. The number of thiophene rings is 1. The number of nitrogens with one attached hydrogen (secondary N) is 1. The third-order valence-electron chi connectivity index (χ3n) is 5.76. The number of hydrogen-bond acceptors (Lipinski definition) is 6. The van der Waals surface area contributed by atoms with Gasteiger partial charge in [0.25, 0.3) is 11.5 Å². The highest BCUT2D eigenvalue weighted by atomic mass is 32.1. The minimum Gasteiger partial charge on any atom is -0.453 e. The Hall–Kier alpha value is -2.22. The first kappa shape index (κ1) is 20.1. The first-order chi connectivity index (χ1) is 14.0. The molecule has 0 spiro atoms. The highest BCUT2D eigenvalue weighted by Crippen LogP contribution is 2.33. The normalized spacial score (nSPS) is 17.8. The predicted octanol–water partition coefficient (Wildman–Crippen LogP) is 2.74. The largest absolute Gasteiger partial charge is 0.453 e. The van der Waals surface area contributed by atoms with Crippen molar-refractivity contribution in [2.45, 2.75) is 70.8 Å². The summed E-state index contributed by atoms with van der Waals surface area (Å²) in [6.07, 6.45) is 6.95. The number of esters is 1. The van der Waals surface area contributed by atoms with Crippen molar-refractivity contribution in [2.24, 2.45) is 0 Å². The van der Waals surface area contributed by atoms with E-state index in [1.165, 1.54) is 4.88 Å². The molecule has 0 aromatic carbocycles. The molecule has 1 aliphatic carbocycles. The summed E-state index contributed by atoms with van der Waals surface area (Å²) in [6, 6.07) is 0. The molecule has 0 radical (unpaired) electrons. The van der Waals surface area contributed by atoms with E-state index >= 15 is 0 Å². The molecule has 1 amide bonds. The van der Waals surface area contributed by atoms with Crippen molar-refractivity contribution in [3.05, 3.63) is 26.6 Å². The van der Waals surface area contributed by atoms with Crippen LogP contribution in [-0.4, -0.2) is 45.9 Å². The molecular weight excluding hydrogens is 390 g/mol. The number of aryl methyl sites for hydroxylation is 3. The molecule has 3 heterocycles. The molecule has 7 nitrogen and oxygen atoms in total. The van der Waals surface area contributed by atoms with Crippen LogP contribution in [0.5, 0.6) is 0 Å². The van der Waals surface area contributed by atoms with Gasteiger partial charge in [0, 0.05) is 24.4 Å². The number of hydrogen-bond donors (Lipinski definition) is 1.